The number of rotatable bonds is 7. The quantitative estimate of drug-likeness (QED) is 0.374. The average Bonchev–Trinajstić information content (AvgIpc) is 3.40. The fourth-order valence-electron chi connectivity index (χ4n) is 4.92. The number of hydrogen-bond donors (Lipinski definition) is 1. The number of benzene rings is 2. The van der Waals surface area contributed by atoms with Crippen LogP contribution in [0.4, 0.5) is 10.2 Å². The van der Waals surface area contributed by atoms with E-state index >= 15 is 4.39 Å². The van der Waals surface area contributed by atoms with E-state index in [4.69, 9.17) is 9.47 Å². The van der Waals surface area contributed by atoms with E-state index in [2.05, 4.69) is 14.4 Å². The first-order valence-corrected chi connectivity index (χ1v) is 13.3. The van der Waals surface area contributed by atoms with Gasteiger partial charge in [0.05, 0.1) is 29.3 Å². The van der Waals surface area contributed by atoms with Gasteiger partial charge in [-0.15, -0.1) is 0 Å². The number of nitrogens with zero attached hydrogens (tertiary/aromatic N) is 2. The number of ether oxygens (including phenoxy) is 2. The van der Waals surface area contributed by atoms with Crippen molar-refractivity contribution in [2.75, 3.05) is 18.9 Å². The summed E-state index contributed by atoms with van der Waals surface area (Å²) in [7, 11) is -0.797. The van der Waals surface area contributed by atoms with E-state index in [0.29, 0.717) is 22.2 Å². The highest BCUT2D eigenvalue weighted by atomic mass is 32.2. The molecule has 0 unspecified atom stereocenters. The van der Waals surface area contributed by atoms with Crippen LogP contribution in [0.15, 0.2) is 69.0 Å². The summed E-state index contributed by atoms with van der Waals surface area (Å²) >= 11 is 0. The third kappa shape index (κ3) is 4.84. The van der Waals surface area contributed by atoms with E-state index in [0.717, 1.165) is 25.7 Å². The minimum Gasteiger partial charge on any atom is -0.495 e. The number of anilines is 1. The zero-order chi connectivity index (χ0) is 26.2. The Morgan fingerprint density at radius 1 is 1.05 bits per heavy atom. The summed E-state index contributed by atoms with van der Waals surface area (Å²) in [6, 6.07) is 11.5. The van der Waals surface area contributed by atoms with Crippen molar-refractivity contribution < 1.29 is 26.8 Å². The number of aromatic nitrogens is 2. The van der Waals surface area contributed by atoms with Crippen LogP contribution in [-0.2, 0) is 14.8 Å². The van der Waals surface area contributed by atoms with Crippen LogP contribution >= 0.6 is 0 Å². The van der Waals surface area contributed by atoms with Gasteiger partial charge in [0.15, 0.2) is 5.82 Å². The van der Waals surface area contributed by atoms with Gasteiger partial charge in [0.2, 0.25) is 0 Å². The third-order valence-corrected chi connectivity index (χ3v) is 8.19. The molecule has 0 bridgehead atoms. The minimum atomic E-state index is -3.96. The molecule has 1 saturated carbocycles. The number of hydrogen-bond acceptors (Lipinski definition) is 7. The second-order valence-corrected chi connectivity index (χ2v) is 10.7. The summed E-state index contributed by atoms with van der Waals surface area (Å²) in [5, 5.41) is 4.03. The van der Waals surface area contributed by atoms with Crippen LogP contribution in [0.3, 0.4) is 0 Å². The van der Waals surface area contributed by atoms with E-state index in [-0.39, 0.29) is 28.4 Å². The first-order chi connectivity index (χ1) is 17.8. The zero-order valence-corrected chi connectivity index (χ0v) is 21.1. The molecule has 4 aromatic rings. The van der Waals surface area contributed by atoms with E-state index < -0.39 is 21.4 Å². The van der Waals surface area contributed by atoms with E-state index in [9.17, 15) is 13.2 Å². The molecule has 0 spiro atoms. The highest BCUT2D eigenvalue weighted by molar-refractivity contribution is 7.92. The Morgan fingerprint density at radius 2 is 1.84 bits per heavy atom. The molecule has 11 heteroatoms. The van der Waals surface area contributed by atoms with Crippen molar-refractivity contribution in [3.8, 4) is 11.4 Å². The molecule has 5 rings (SSSR count). The van der Waals surface area contributed by atoms with Crippen LogP contribution in [0.25, 0.3) is 16.6 Å². The molecule has 0 amide bonds. The largest absolute Gasteiger partial charge is 0.495 e. The molecule has 194 valence electrons. The van der Waals surface area contributed by atoms with Gasteiger partial charge in [-0.05, 0) is 67.5 Å². The van der Waals surface area contributed by atoms with Crippen LogP contribution in [0.2, 0.25) is 0 Å². The molecule has 37 heavy (non-hydrogen) atoms. The van der Waals surface area contributed by atoms with Crippen molar-refractivity contribution in [1.29, 1.82) is 0 Å². The third-order valence-electron chi connectivity index (χ3n) is 6.84. The summed E-state index contributed by atoms with van der Waals surface area (Å²) in [5.74, 6) is 0.00508. The number of pyridine rings is 1. The normalized spacial score (nSPS) is 18.1. The SMILES string of the molecule is COc1cc([C@H]2CC[C@H](OC)CC2)c(F)cc1-n1c(=O)ccc2cc(S(=O)(=O)Nc3ccon3)ccc21. The van der Waals surface area contributed by atoms with Crippen LogP contribution < -0.4 is 15.0 Å². The Labute approximate surface area is 212 Å². The summed E-state index contributed by atoms with van der Waals surface area (Å²) in [6.45, 7) is 0. The van der Waals surface area contributed by atoms with Crippen molar-refractivity contribution in [2.45, 2.75) is 42.6 Å². The Morgan fingerprint density at radius 3 is 2.51 bits per heavy atom. The Kier molecular flexibility index (Phi) is 6.74. The zero-order valence-electron chi connectivity index (χ0n) is 20.3. The van der Waals surface area contributed by atoms with Gasteiger partial charge in [-0.25, -0.2) is 12.8 Å². The molecule has 2 aromatic carbocycles. The molecule has 0 saturated heterocycles. The van der Waals surface area contributed by atoms with E-state index in [1.165, 1.54) is 60.4 Å². The highest BCUT2D eigenvalue weighted by Gasteiger charge is 2.26. The molecule has 9 nitrogen and oxygen atoms in total. The molecule has 0 aliphatic heterocycles. The van der Waals surface area contributed by atoms with E-state index in [1.807, 2.05) is 0 Å². The molecule has 1 aliphatic carbocycles. The molecular formula is C26H26FN3O6S. The maximum Gasteiger partial charge on any atom is 0.263 e. The number of fused-ring (bicyclic) bond motifs is 1. The molecule has 1 aliphatic rings. The smallest absolute Gasteiger partial charge is 0.263 e. The van der Waals surface area contributed by atoms with Gasteiger partial charge in [0.1, 0.15) is 17.8 Å². The fraction of sp³-hybridized carbons (Fsp3) is 0.308. The molecule has 1 N–H and O–H groups in total. The molecule has 0 radical (unpaired) electrons. The van der Waals surface area contributed by atoms with Gasteiger partial charge >= 0.3 is 0 Å². The maximum absolute atomic E-state index is 15.4. The van der Waals surface area contributed by atoms with Crippen molar-refractivity contribution in [2.24, 2.45) is 0 Å². The lowest BCUT2D eigenvalue weighted by molar-refractivity contribution is 0.0655. The van der Waals surface area contributed by atoms with Crippen LogP contribution in [-0.4, -0.2) is 38.5 Å². The highest BCUT2D eigenvalue weighted by Crippen LogP contribution is 2.38. The van der Waals surface area contributed by atoms with Crippen molar-refractivity contribution in [3.05, 3.63) is 76.5 Å². The van der Waals surface area contributed by atoms with E-state index in [1.54, 1.807) is 13.2 Å². The van der Waals surface area contributed by atoms with Crippen LogP contribution in [0, 0.1) is 5.82 Å². The van der Waals surface area contributed by atoms with Crippen LogP contribution in [0.1, 0.15) is 37.2 Å². The van der Waals surface area contributed by atoms with Gasteiger partial charge in [0, 0.05) is 30.7 Å². The number of sulfonamides is 1. The predicted molar refractivity (Wildman–Crippen MR) is 135 cm³/mol. The fourth-order valence-corrected chi connectivity index (χ4v) is 5.95. The summed E-state index contributed by atoms with van der Waals surface area (Å²) in [5.41, 5.74) is 0.783. The monoisotopic (exact) mass is 527 g/mol. The van der Waals surface area contributed by atoms with Gasteiger partial charge in [-0.1, -0.05) is 5.16 Å². The van der Waals surface area contributed by atoms with Gasteiger partial charge in [0.25, 0.3) is 15.6 Å². The number of nitrogens with one attached hydrogen (secondary N) is 1. The summed E-state index contributed by atoms with van der Waals surface area (Å²) in [4.78, 5) is 13.0. The number of halogens is 1. The first kappa shape index (κ1) is 25.0. The molecule has 2 aromatic heterocycles. The summed E-state index contributed by atoms with van der Waals surface area (Å²) in [6.07, 6.45) is 4.74. The second kappa shape index (κ2) is 9.98. The van der Waals surface area contributed by atoms with Gasteiger partial charge < -0.3 is 14.0 Å². The molecular weight excluding hydrogens is 501 g/mol. The Bertz CT molecular complexity index is 1590. The van der Waals surface area contributed by atoms with Crippen molar-refractivity contribution in [3.63, 3.8) is 0 Å². The van der Waals surface area contributed by atoms with Gasteiger partial charge in [-0.3, -0.25) is 14.1 Å². The Balaban J connectivity index is 1.56. The lowest BCUT2D eigenvalue weighted by atomic mass is 9.82. The first-order valence-electron chi connectivity index (χ1n) is 11.8. The average molecular weight is 528 g/mol. The standard InChI is InChI=1S/C26H26FN3O6S/c1-34-18-6-3-16(4-7-18)20-14-24(35-2)23(15-21(20)27)30-22-9-8-19(13-17(22)5-10-26(30)31)37(32,33)29-25-11-12-36-28-25/h5,8-16,18H,3-4,6-7H2,1-2H3,(H,28,29)/t16-,18-. The second-order valence-electron chi connectivity index (χ2n) is 8.97. The number of methoxy groups -OCH3 is 2. The Hall–Kier alpha value is -3.70. The molecule has 1 fully saturated rings. The lowest BCUT2D eigenvalue weighted by Crippen LogP contribution is -2.21. The van der Waals surface area contributed by atoms with Crippen molar-refractivity contribution >= 4 is 26.7 Å². The predicted octanol–water partition coefficient (Wildman–Crippen LogP) is 4.60. The molecule has 0 atom stereocenters. The maximum atomic E-state index is 15.4. The van der Waals surface area contributed by atoms with Crippen molar-refractivity contribution in [1.82, 2.24) is 9.72 Å². The summed E-state index contributed by atoms with van der Waals surface area (Å²) < 4.78 is 60.4. The van der Waals surface area contributed by atoms with Crippen LogP contribution in [0.5, 0.6) is 5.75 Å². The van der Waals surface area contributed by atoms with Gasteiger partial charge in [-0.2, -0.15) is 0 Å². The molecule has 2 heterocycles. The minimum absolute atomic E-state index is 0.0311. The topological polar surface area (TPSA) is 113 Å². The lowest BCUT2D eigenvalue weighted by Gasteiger charge is -2.28.